The summed E-state index contributed by atoms with van der Waals surface area (Å²) in [7, 11) is 0. The zero-order valence-corrected chi connectivity index (χ0v) is 23.7. The molecule has 5 unspecified atom stereocenters. The van der Waals surface area contributed by atoms with Crippen molar-refractivity contribution >= 4 is 28.6 Å². The molecule has 0 amide bonds. The van der Waals surface area contributed by atoms with E-state index in [1.54, 1.807) is 32.5 Å². The standard InChI is InChI=1S/C28H47NO5S/c1-16-10-9-11-17(2)26(32)20(5)27(33)28(7,8)24(30)14-25(31)34-23(13-18(16)3)19(4)12-22-15-35-21(6)29-22/h12,16-18,20,22-24,26,30,32H,9-11,13-15H2,1-8H3/b19-12+/t16-,17?,18?,20?,22?,23+,24?,26+/m1/s1. The molecule has 6 nitrogen and oxygen atoms in total. The predicted octanol–water partition coefficient (Wildman–Crippen LogP) is 5.20. The van der Waals surface area contributed by atoms with Gasteiger partial charge in [0.15, 0.2) is 0 Å². The number of hydrogen-bond donors (Lipinski definition) is 2. The number of esters is 1. The molecule has 2 N–H and O–H groups in total. The average molecular weight is 510 g/mol. The summed E-state index contributed by atoms with van der Waals surface area (Å²) in [6, 6.07) is 0.0864. The van der Waals surface area contributed by atoms with Crippen molar-refractivity contribution in [2.24, 2.45) is 34.1 Å². The third-order valence-electron chi connectivity index (χ3n) is 8.26. The number of cyclic esters (lactones) is 1. The topological polar surface area (TPSA) is 96.2 Å². The SMILES string of the molecule is CC1=NC(/C=C(\C)[C@@H]2CC(C)[C@H](C)CCCC(C)[C@H](O)C(C)C(=O)C(C)(C)C(O)CC(=O)O2)CS1. The highest BCUT2D eigenvalue weighted by atomic mass is 32.2. The molecular formula is C28H47NO5S. The van der Waals surface area contributed by atoms with Crippen molar-refractivity contribution in [3.63, 3.8) is 0 Å². The Bertz CT molecular complexity index is 807. The molecule has 35 heavy (non-hydrogen) atoms. The minimum atomic E-state index is -1.19. The summed E-state index contributed by atoms with van der Waals surface area (Å²) in [5, 5.41) is 22.8. The van der Waals surface area contributed by atoms with E-state index in [0.29, 0.717) is 18.3 Å². The molecule has 0 radical (unpaired) electrons. The first kappa shape index (κ1) is 30.0. The molecule has 2 rings (SSSR count). The van der Waals surface area contributed by atoms with Gasteiger partial charge in [-0.2, -0.15) is 0 Å². The maximum atomic E-state index is 13.2. The molecule has 0 saturated carbocycles. The Balaban J connectivity index is 2.30. The summed E-state index contributed by atoms with van der Waals surface area (Å²) in [5.74, 6) is 0.264. The third kappa shape index (κ3) is 8.16. The first-order valence-corrected chi connectivity index (χ1v) is 14.2. The predicted molar refractivity (Wildman–Crippen MR) is 144 cm³/mol. The van der Waals surface area contributed by atoms with Gasteiger partial charge in [-0.3, -0.25) is 14.6 Å². The number of aliphatic hydroxyl groups is 2. The minimum absolute atomic E-state index is 0.0199. The lowest BCUT2D eigenvalue weighted by Crippen LogP contribution is -2.45. The van der Waals surface area contributed by atoms with Crippen molar-refractivity contribution in [2.75, 3.05) is 5.75 Å². The monoisotopic (exact) mass is 509 g/mol. The summed E-state index contributed by atoms with van der Waals surface area (Å²) >= 11 is 1.74. The lowest BCUT2D eigenvalue weighted by atomic mass is 9.73. The van der Waals surface area contributed by atoms with Crippen molar-refractivity contribution in [1.82, 2.24) is 0 Å². The molecule has 2 heterocycles. The fraction of sp³-hybridized carbons (Fsp3) is 0.821. The van der Waals surface area contributed by atoms with Crippen LogP contribution in [0.3, 0.4) is 0 Å². The Morgan fingerprint density at radius 3 is 2.31 bits per heavy atom. The molecule has 0 aromatic rings. The molecule has 7 heteroatoms. The smallest absolute Gasteiger partial charge is 0.309 e. The van der Waals surface area contributed by atoms with Gasteiger partial charge >= 0.3 is 5.97 Å². The maximum Gasteiger partial charge on any atom is 0.309 e. The number of aliphatic imine (C=N–C) groups is 1. The summed E-state index contributed by atoms with van der Waals surface area (Å²) in [6.07, 6.45) is 2.99. The van der Waals surface area contributed by atoms with Crippen molar-refractivity contribution in [2.45, 2.75) is 112 Å². The Hall–Kier alpha value is -1.18. The summed E-state index contributed by atoms with van der Waals surface area (Å²) in [5.41, 5.74) is -0.191. The van der Waals surface area contributed by atoms with E-state index in [-0.39, 0.29) is 30.3 Å². The van der Waals surface area contributed by atoms with Crippen LogP contribution in [-0.4, -0.2) is 57.1 Å². The molecule has 2 aliphatic heterocycles. The molecule has 1 fully saturated rings. The van der Waals surface area contributed by atoms with Gasteiger partial charge in [0, 0.05) is 11.7 Å². The lowest BCUT2D eigenvalue weighted by Gasteiger charge is -2.35. The number of ether oxygens (including phenoxy) is 1. The van der Waals surface area contributed by atoms with Gasteiger partial charge in [-0.1, -0.05) is 60.5 Å². The van der Waals surface area contributed by atoms with Crippen LogP contribution in [0, 0.1) is 29.1 Å². The minimum Gasteiger partial charge on any atom is -0.458 e. The number of carbonyl (C=O) groups excluding carboxylic acids is 2. The van der Waals surface area contributed by atoms with Gasteiger partial charge in [0.25, 0.3) is 0 Å². The summed E-state index contributed by atoms with van der Waals surface area (Å²) < 4.78 is 5.95. The van der Waals surface area contributed by atoms with Crippen LogP contribution in [0.4, 0.5) is 0 Å². The van der Waals surface area contributed by atoms with Crippen LogP contribution in [0.15, 0.2) is 16.6 Å². The lowest BCUT2D eigenvalue weighted by molar-refractivity contribution is -0.155. The summed E-state index contributed by atoms with van der Waals surface area (Å²) in [6.45, 7) is 15.4. The van der Waals surface area contributed by atoms with Gasteiger partial charge in [-0.25, -0.2) is 0 Å². The van der Waals surface area contributed by atoms with Crippen LogP contribution in [0.25, 0.3) is 0 Å². The van der Waals surface area contributed by atoms with Gasteiger partial charge in [0.2, 0.25) is 0 Å². The normalized spacial score (nSPS) is 38.7. The molecule has 0 aromatic heterocycles. The van der Waals surface area contributed by atoms with E-state index in [9.17, 15) is 19.8 Å². The van der Waals surface area contributed by atoms with Gasteiger partial charge in [0.05, 0.1) is 35.1 Å². The second kappa shape index (κ2) is 12.9. The van der Waals surface area contributed by atoms with E-state index in [1.165, 1.54) is 0 Å². The van der Waals surface area contributed by atoms with Crippen molar-refractivity contribution in [3.05, 3.63) is 11.6 Å². The van der Waals surface area contributed by atoms with Crippen molar-refractivity contribution in [3.8, 4) is 0 Å². The molecule has 0 aromatic carbocycles. The van der Waals surface area contributed by atoms with Gasteiger partial charge < -0.3 is 14.9 Å². The van der Waals surface area contributed by atoms with Crippen LogP contribution in [0.1, 0.15) is 87.5 Å². The molecule has 200 valence electrons. The highest BCUT2D eigenvalue weighted by Gasteiger charge is 2.42. The Morgan fingerprint density at radius 1 is 1.09 bits per heavy atom. The van der Waals surface area contributed by atoms with Crippen LogP contribution < -0.4 is 0 Å². The number of rotatable bonds is 2. The average Bonchev–Trinajstić information content (AvgIpc) is 3.20. The largest absolute Gasteiger partial charge is 0.458 e. The molecular weight excluding hydrogens is 462 g/mol. The van der Waals surface area contributed by atoms with E-state index in [1.807, 2.05) is 20.8 Å². The maximum absolute atomic E-state index is 13.2. The van der Waals surface area contributed by atoms with Gasteiger partial charge in [0.1, 0.15) is 11.9 Å². The van der Waals surface area contributed by atoms with Crippen LogP contribution in [0.2, 0.25) is 0 Å². The first-order chi connectivity index (χ1) is 16.2. The Morgan fingerprint density at radius 2 is 1.71 bits per heavy atom. The third-order valence-corrected chi connectivity index (χ3v) is 9.29. The van der Waals surface area contributed by atoms with E-state index in [0.717, 1.165) is 35.6 Å². The Labute approximate surface area is 216 Å². The molecule has 1 saturated heterocycles. The highest BCUT2D eigenvalue weighted by Crippen LogP contribution is 2.34. The van der Waals surface area contributed by atoms with Crippen LogP contribution in [-0.2, 0) is 14.3 Å². The zero-order chi connectivity index (χ0) is 26.5. The Kier molecular flexibility index (Phi) is 11.0. The number of carbonyl (C=O) groups is 2. The van der Waals surface area contributed by atoms with E-state index < -0.39 is 29.5 Å². The summed E-state index contributed by atoms with van der Waals surface area (Å²) in [4.78, 5) is 30.8. The molecule has 2 aliphatic rings. The first-order valence-electron chi connectivity index (χ1n) is 13.2. The quantitative estimate of drug-likeness (QED) is 0.392. The zero-order valence-electron chi connectivity index (χ0n) is 22.9. The number of hydrogen-bond acceptors (Lipinski definition) is 7. The highest BCUT2D eigenvalue weighted by molar-refractivity contribution is 8.14. The van der Waals surface area contributed by atoms with E-state index in [4.69, 9.17) is 4.74 Å². The van der Waals surface area contributed by atoms with Gasteiger partial charge in [-0.05, 0) is 50.0 Å². The number of Topliss-reactive ketones (excluding diaryl/α,β-unsaturated/α-hetero) is 1. The number of aliphatic hydroxyl groups excluding tert-OH is 2. The van der Waals surface area contributed by atoms with E-state index >= 15 is 0 Å². The van der Waals surface area contributed by atoms with Crippen molar-refractivity contribution in [1.29, 1.82) is 0 Å². The number of thioether (sulfide) groups is 1. The molecule has 0 bridgehead atoms. The second-order valence-corrected chi connectivity index (χ2v) is 12.8. The molecule has 0 aliphatic carbocycles. The van der Waals surface area contributed by atoms with Crippen LogP contribution >= 0.6 is 11.8 Å². The molecule has 0 spiro atoms. The van der Waals surface area contributed by atoms with Crippen molar-refractivity contribution < 1.29 is 24.5 Å². The van der Waals surface area contributed by atoms with Crippen LogP contribution in [0.5, 0.6) is 0 Å². The molecule has 8 atom stereocenters. The fourth-order valence-corrected chi connectivity index (χ4v) is 5.94. The second-order valence-electron chi connectivity index (χ2n) is 11.6. The fourth-order valence-electron chi connectivity index (χ4n) is 5.14. The van der Waals surface area contributed by atoms with Gasteiger partial charge in [-0.15, -0.1) is 11.8 Å². The number of nitrogens with zero attached hydrogens (tertiary/aromatic N) is 1. The van der Waals surface area contributed by atoms with E-state index in [2.05, 4.69) is 24.9 Å². The number of ketones is 1.